The lowest BCUT2D eigenvalue weighted by Gasteiger charge is -2.31. The number of benzene rings is 1. The van der Waals surface area contributed by atoms with Crippen molar-refractivity contribution in [3.05, 3.63) is 58.9 Å². The van der Waals surface area contributed by atoms with Gasteiger partial charge in [-0.3, -0.25) is 0 Å². The van der Waals surface area contributed by atoms with E-state index in [4.69, 9.17) is 9.47 Å². The minimum absolute atomic E-state index is 0.0670. The Balaban J connectivity index is 1.78. The third-order valence-corrected chi connectivity index (χ3v) is 5.62. The van der Waals surface area contributed by atoms with E-state index in [-0.39, 0.29) is 42.9 Å². The van der Waals surface area contributed by atoms with Crippen LogP contribution in [0.25, 0.3) is 16.9 Å². The molecule has 1 aromatic carbocycles. The van der Waals surface area contributed by atoms with Crippen molar-refractivity contribution in [2.75, 3.05) is 19.7 Å². The Morgan fingerprint density at radius 1 is 1.23 bits per heavy atom. The van der Waals surface area contributed by atoms with Gasteiger partial charge in [-0.1, -0.05) is 0 Å². The SMILES string of the molecule is Cc1ccn2c(CC3CN(C(=O)O)CCO3)c(-c3c(F)cc(C(=O)OC(C)(C)C)cc3F)nc2c1. The summed E-state index contributed by atoms with van der Waals surface area (Å²) in [4.78, 5) is 29.5. The van der Waals surface area contributed by atoms with Gasteiger partial charge in [0.15, 0.2) is 0 Å². The molecule has 1 saturated heterocycles. The molecule has 10 heteroatoms. The molecule has 4 rings (SSSR count). The number of rotatable bonds is 4. The van der Waals surface area contributed by atoms with Gasteiger partial charge in [-0.25, -0.2) is 23.4 Å². The number of esters is 1. The molecule has 0 bridgehead atoms. The quantitative estimate of drug-likeness (QED) is 0.546. The van der Waals surface area contributed by atoms with Crippen LogP contribution < -0.4 is 0 Å². The smallest absolute Gasteiger partial charge is 0.407 e. The van der Waals surface area contributed by atoms with Gasteiger partial charge in [0.1, 0.15) is 22.9 Å². The summed E-state index contributed by atoms with van der Waals surface area (Å²) in [5.74, 6) is -2.75. The predicted molar refractivity (Wildman–Crippen MR) is 123 cm³/mol. The molecule has 3 aromatic rings. The van der Waals surface area contributed by atoms with Crippen LogP contribution in [0.4, 0.5) is 13.6 Å². The second-order valence-electron chi connectivity index (χ2n) is 9.58. The summed E-state index contributed by atoms with van der Waals surface area (Å²) in [6.45, 7) is 7.45. The highest BCUT2D eigenvalue weighted by atomic mass is 19.1. The number of aryl methyl sites for hydroxylation is 1. The monoisotopic (exact) mass is 487 g/mol. The van der Waals surface area contributed by atoms with Gasteiger partial charge >= 0.3 is 12.1 Å². The van der Waals surface area contributed by atoms with Crippen LogP contribution >= 0.6 is 0 Å². The number of aromatic nitrogens is 2. The number of ether oxygens (including phenoxy) is 2. The topological polar surface area (TPSA) is 93.4 Å². The van der Waals surface area contributed by atoms with Gasteiger partial charge in [0.25, 0.3) is 0 Å². The summed E-state index contributed by atoms with van der Waals surface area (Å²) < 4.78 is 43.3. The molecular weight excluding hydrogens is 460 g/mol. The highest BCUT2D eigenvalue weighted by molar-refractivity contribution is 5.90. The molecule has 1 aliphatic heterocycles. The maximum absolute atomic E-state index is 15.3. The van der Waals surface area contributed by atoms with Crippen LogP contribution in [0.3, 0.4) is 0 Å². The number of carbonyl (C=O) groups is 2. The fraction of sp³-hybridized carbons (Fsp3) is 0.400. The van der Waals surface area contributed by atoms with Crippen molar-refractivity contribution in [1.82, 2.24) is 14.3 Å². The number of hydrogen-bond donors (Lipinski definition) is 1. The zero-order valence-electron chi connectivity index (χ0n) is 20.0. The van der Waals surface area contributed by atoms with E-state index in [9.17, 15) is 14.7 Å². The number of morpholine rings is 1. The second-order valence-corrected chi connectivity index (χ2v) is 9.58. The van der Waals surface area contributed by atoms with Crippen LogP contribution in [0.2, 0.25) is 0 Å². The highest BCUT2D eigenvalue weighted by Gasteiger charge is 2.29. The first-order valence-electron chi connectivity index (χ1n) is 11.2. The molecule has 0 spiro atoms. The van der Waals surface area contributed by atoms with Crippen molar-refractivity contribution in [3.8, 4) is 11.3 Å². The third kappa shape index (κ3) is 5.27. The summed E-state index contributed by atoms with van der Waals surface area (Å²) in [7, 11) is 0. The van der Waals surface area contributed by atoms with E-state index in [1.807, 2.05) is 13.0 Å². The van der Waals surface area contributed by atoms with Crippen LogP contribution in [0.1, 0.15) is 42.4 Å². The third-order valence-electron chi connectivity index (χ3n) is 5.62. The first kappa shape index (κ1) is 24.6. The minimum Gasteiger partial charge on any atom is -0.465 e. The summed E-state index contributed by atoms with van der Waals surface area (Å²) in [6.07, 6.45) is 0.351. The Bertz CT molecular complexity index is 1280. The van der Waals surface area contributed by atoms with Crippen LogP contribution in [0.5, 0.6) is 0 Å². The Labute approximate surface area is 201 Å². The van der Waals surface area contributed by atoms with Crippen molar-refractivity contribution in [1.29, 1.82) is 0 Å². The average Bonchev–Trinajstić information content (AvgIpc) is 3.09. The Morgan fingerprint density at radius 3 is 2.54 bits per heavy atom. The van der Waals surface area contributed by atoms with E-state index in [1.165, 1.54) is 4.90 Å². The molecule has 1 fully saturated rings. The summed E-state index contributed by atoms with van der Waals surface area (Å²) in [5, 5.41) is 9.35. The number of imidazole rings is 1. The van der Waals surface area contributed by atoms with Crippen molar-refractivity contribution in [2.45, 2.75) is 45.8 Å². The standard InChI is InChI=1S/C25H27F2N3O5/c1-14-5-6-30-19(12-16-13-29(24(32)33)7-8-34-16)22(28-20(30)9-14)21-17(26)10-15(11-18(21)27)23(31)35-25(2,3)4/h5-6,9-11,16H,7-8,12-13H2,1-4H3,(H,32,33). The van der Waals surface area contributed by atoms with Gasteiger partial charge in [-0.15, -0.1) is 0 Å². The van der Waals surface area contributed by atoms with Gasteiger partial charge < -0.3 is 23.9 Å². The normalized spacial score (nSPS) is 16.5. The summed E-state index contributed by atoms with van der Waals surface area (Å²) in [6, 6.07) is 5.50. The molecule has 3 heterocycles. The van der Waals surface area contributed by atoms with E-state index < -0.39 is 35.4 Å². The largest absolute Gasteiger partial charge is 0.465 e. The van der Waals surface area contributed by atoms with Crippen LogP contribution in [0.15, 0.2) is 30.5 Å². The van der Waals surface area contributed by atoms with Crippen LogP contribution in [-0.4, -0.2) is 62.9 Å². The van der Waals surface area contributed by atoms with E-state index in [0.29, 0.717) is 11.3 Å². The maximum atomic E-state index is 15.3. The van der Waals surface area contributed by atoms with Crippen molar-refractivity contribution >= 4 is 17.7 Å². The molecule has 8 nitrogen and oxygen atoms in total. The average molecular weight is 488 g/mol. The number of nitrogens with zero attached hydrogens (tertiary/aromatic N) is 3. The molecule has 1 unspecified atom stereocenters. The fourth-order valence-electron chi connectivity index (χ4n) is 4.08. The lowest BCUT2D eigenvalue weighted by molar-refractivity contribution is -0.0214. The number of pyridine rings is 1. The fourth-order valence-corrected chi connectivity index (χ4v) is 4.08. The highest BCUT2D eigenvalue weighted by Crippen LogP contribution is 2.32. The van der Waals surface area contributed by atoms with Crippen molar-refractivity contribution in [2.24, 2.45) is 0 Å². The first-order valence-corrected chi connectivity index (χ1v) is 11.2. The number of halogens is 2. The van der Waals surface area contributed by atoms with Crippen molar-refractivity contribution in [3.63, 3.8) is 0 Å². The number of fused-ring (bicyclic) bond motifs is 1. The first-order chi connectivity index (χ1) is 16.4. The molecule has 2 aromatic heterocycles. The van der Waals surface area contributed by atoms with E-state index in [1.54, 1.807) is 37.4 Å². The molecule has 1 atom stereocenters. The Kier molecular flexibility index (Phi) is 6.50. The summed E-state index contributed by atoms with van der Waals surface area (Å²) >= 11 is 0. The van der Waals surface area contributed by atoms with Gasteiger partial charge in [-0.2, -0.15) is 0 Å². The summed E-state index contributed by atoms with van der Waals surface area (Å²) in [5.41, 5.74) is 0.493. The molecule has 0 saturated carbocycles. The second kappa shape index (κ2) is 9.26. The molecule has 0 aliphatic carbocycles. The van der Waals surface area contributed by atoms with Gasteiger partial charge in [-0.05, 0) is 57.5 Å². The van der Waals surface area contributed by atoms with Gasteiger partial charge in [0.05, 0.1) is 41.8 Å². The predicted octanol–water partition coefficient (Wildman–Crippen LogP) is 4.46. The van der Waals surface area contributed by atoms with Crippen molar-refractivity contribution < 1.29 is 33.0 Å². The van der Waals surface area contributed by atoms with Crippen LogP contribution in [0, 0.1) is 18.6 Å². The zero-order chi connectivity index (χ0) is 25.5. The maximum Gasteiger partial charge on any atom is 0.407 e. The van der Waals surface area contributed by atoms with E-state index in [0.717, 1.165) is 17.7 Å². The Morgan fingerprint density at radius 2 is 1.91 bits per heavy atom. The number of amides is 1. The number of carbonyl (C=O) groups excluding carboxylic acids is 1. The molecule has 0 radical (unpaired) electrons. The molecular formula is C25H27F2N3O5. The number of hydrogen-bond acceptors (Lipinski definition) is 5. The lowest BCUT2D eigenvalue weighted by Crippen LogP contribution is -2.45. The minimum atomic E-state index is -1.05. The Hall–Kier alpha value is -3.53. The van der Waals surface area contributed by atoms with E-state index >= 15 is 8.78 Å². The molecule has 1 amide bonds. The molecule has 186 valence electrons. The zero-order valence-corrected chi connectivity index (χ0v) is 20.0. The lowest BCUT2D eigenvalue weighted by atomic mass is 10.0. The van der Waals surface area contributed by atoms with Gasteiger partial charge in [0.2, 0.25) is 0 Å². The molecule has 1 aliphatic rings. The van der Waals surface area contributed by atoms with E-state index in [2.05, 4.69) is 4.98 Å². The molecule has 1 N–H and O–H groups in total. The number of carboxylic acid groups (broad SMARTS) is 1. The van der Waals surface area contributed by atoms with Crippen LogP contribution in [-0.2, 0) is 15.9 Å². The van der Waals surface area contributed by atoms with Gasteiger partial charge in [0, 0.05) is 19.2 Å². The molecule has 35 heavy (non-hydrogen) atoms.